The van der Waals surface area contributed by atoms with Gasteiger partial charge in [-0.15, -0.1) is 0 Å². The molecule has 1 aromatic heterocycles. The first-order chi connectivity index (χ1) is 9.12. The van der Waals surface area contributed by atoms with Gasteiger partial charge in [0.1, 0.15) is 0 Å². The Morgan fingerprint density at radius 1 is 1.47 bits per heavy atom. The minimum absolute atomic E-state index is 0.0722. The van der Waals surface area contributed by atoms with Gasteiger partial charge in [0.05, 0.1) is 0 Å². The van der Waals surface area contributed by atoms with Crippen LogP contribution in [0.2, 0.25) is 0 Å². The molecule has 1 aromatic rings. The highest BCUT2D eigenvalue weighted by Crippen LogP contribution is 2.26. The summed E-state index contributed by atoms with van der Waals surface area (Å²) in [6.07, 6.45) is 3.10. The van der Waals surface area contributed by atoms with Crippen molar-refractivity contribution < 1.29 is 4.79 Å². The van der Waals surface area contributed by atoms with Crippen molar-refractivity contribution in [2.45, 2.75) is 39.2 Å². The van der Waals surface area contributed by atoms with E-state index in [0.29, 0.717) is 11.7 Å². The summed E-state index contributed by atoms with van der Waals surface area (Å²) >= 11 is 0. The van der Waals surface area contributed by atoms with Crippen molar-refractivity contribution in [3.05, 3.63) is 17.0 Å². The van der Waals surface area contributed by atoms with E-state index in [1.165, 1.54) is 5.69 Å². The molecule has 1 aliphatic carbocycles. The van der Waals surface area contributed by atoms with Gasteiger partial charge in [-0.1, -0.05) is 13.8 Å². The Labute approximate surface area is 115 Å². The number of rotatable bonds is 4. The van der Waals surface area contributed by atoms with Crippen LogP contribution in [0.1, 0.15) is 42.0 Å². The molecule has 0 saturated carbocycles. The smallest absolute Gasteiger partial charge is 0.271 e. The van der Waals surface area contributed by atoms with Crippen LogP contribution in [0.25, 0.3) is 0 Å². The zero-order chi connectivity index (χ0) is 14.0. The quantitative estimate of drug-likeness (QED) is 0.882. The van der Waals surface area contributed by atoms with Crippen LogP contribution in [0.3, 0.4) is 0 Å². The number of hydrogen-bond acceptors (Lipinski definition) is 3. The molecule has 0 bridgehead atoms. The van der Waals surface area contributed by atoms with Gasteiger partial charge in [-0.25, -0.2) is 0 Å². The maximum absolute atomic E-state index is 11.9. The van der Waals surface area contributed by atoms with E-state index < -0.39 is 0 Å². The van der Waals surface area contributed by atoms with Crippen LogP contribution in [0.5, 0.6) is 0 Å². The van der Waals surface area contributed by atoms with Gasteiger partial charge in [0.2, 0.25) is 0 Å². The third-order valence-corrected chi connectivity index (χ3v) is 4.20. The zero-order valence-electron chi connectivity index (χ0n) is 12.4. The van der Waals surface area contributed by atoms with Gasteiger partial charge in [-0.3, -0.25) is 9.48 Å². The minimum Gasteiger partial charge on any atom is -0.354 e. The second-order valence-electron chi connectivity index (χ2n) is 5.09. The molecule has 106 valence electrons. The standard InChI is InChI=1S/C14H24N4O/c1-5-18(6-2)10-7-8-12-11(9-10)13(14(19)15-3)16-17(12)4/h10H,5-9H2,1-4H3,(H,15,19). The maximum Gasteiger partial charge on any atom is 0.271 e. The third-order valence-electron chi connectivity index (χ3n) is 4.20. The monoisotopic (exact) mass is 264 g/mol. The maximum atomic E-state index is 11.9. The molecule has 1 atom stereocenters. The number of fused-ring (bicyclic) bond motifs is 1. The van der Waals surface area contributed by atoms with Gasteiger partial charge >= 0.3 is 0 Å². The summed E-state index contributed by atoms with van der Waals surface area (Å²) in [4.78, 5) is 14.4. The fraction of sp³-hybridized carbons (Fsp3) is 0.714. The summed E-state index contributed by atoms with van der Waals surface area (Å²) < 4.78 is 1.87. The lowest BCUT2D eigenvalue weighted by Crippen LogP contribution is -2.39. The van der Waals surface area contributed by atoms with E-state index in [2.05, 4.69) is 29.2 Å². The molecule has 2 rings (SSSR count). The summed E-state index contributed by atoms with van der Waals surface area (Å²) in [7, 11) is 3.59. The van der Waals surface area contributed by atoms with Crippen LogP contribution >= 0.6 is 0 Å². The highest BCUT2D eigenvalue weighted by molar-refractivity contribution is 5.93. The molecule has 0 radical (unpaired) electrons. The van der Waals surface area contributed by atoms with Gasteiger partial charge in [0, 0.05) is 31.4 Å². The van der Waals surface area contributed by atoms with Crippen molar-refractivity contribution in [2.24, 2.45) is 7.05 Å². The first-order valence-corrected chi connectivity index (χ1v) is 7.13. The number of nitrogens with zero attached hydrogens (tertiary/aromatic N) is 3. The number of carbonyl (C=O) groups is 1. The third kappa shape index (κ3) is 2.52. The van der Waals surface area contributed by atoms with Gasteiger partial charge in [0.25, 0.3) is 5.91 Å². The van der Waals surface area contributed by atoms with E-state index >= 15 is 0 Å². The predicted octanol–water partition coefficient (Wildman–Crippen LogP) is 0.979. The van der Waals surface area contributed by atoms with Crippen molar-refractivity contribution in [3.8, 4) is 0 Å². The second kappa shape index (κ2) is 5.74. The molecule has 1 amide bonds. The van der Waals surface area contributed by atoms with Crippen LogP contribution in [0, 0.1) is 0 Å². The van der Waals surface area contributed by atoms with Gasteiger partial charge < -0.3 is 10.2 Å². The number of aromatic nitrogens is 2. The molecule has 0 fully saturated rings. The number of likely N-dealkylation sites (N-methyl/N-ethyl adjacent to an activating group) is 1. The molecular weight excluding hydrogens is 240 g/mol. The van der Waals surface area contributed by atoms with Crippen LogP contribution in [-0.4, -0.2) is 46.8 Å². The molecule has 1 aliphatic rings. The van der Waals surface area contributed by atoms with E-state index in [0.717, 1.165) is 37.9 Å². The Hall–Kier alpha value is -1.36. The summed E-state index contributed by atoms with van der Waals surface area (Å²) in [5.74, 6) is -0.0722. The number of nitrogens with one attached hydrogen (secondary N) is 1. The number of amides is 1. The molecule has 1 unspecified atom stereocenters. The Kier molecular flexibility index (Phi) is 4.24. The lowest BCUT2D eigenvalue weighted by atomic mass is 9.90. The number of carbonyl (C=O) groups excluding carboxylic acids is 1. The molecule has 0 aromatic carbocycles. The second-order valence-corrected chi connectivity index (χ2v) is 5.09. The molecular formula is C14H24N4O. The SMILES string of the molecule is CCN(CC)C1CCc2c(c(C(=O)NC)nn2C)C1. The van der Waals surface area contributed by atoms with Crippen LogP contribution < -0.4 is 5.32 Å². The highest BCUT2D eigenvalue weighted by Gasteiger charge is 2.29. The minimum atomic E-state index is -0.0722. The Morgan fingerprint density at radius 2 is 2.16 bits per heavy atom. The lowest BCUT2D eigenvalue weighted by molar-refractivity contribution is 0.0955. The van der Waals surface area contributed by atoms with Crippen LogP contribution in [-0.2, 0) is 19.9 Å². The number of aryl methyl sites for hydroxylation is 1. The van der Waals surface area contributed by atoms with Gasteiger partial charge in [-0.2, -0.15) is 5.10 Å². The Morgan fingerprint density at radius 3 is 2.74 bits per heavy atom. The first kappa shape index (κ1) is 14.1. The lowest BCUT2D eigenvalue weighted by Gasteiger charge is -2.32. The first-order valence-electron chi connectivity index (χ1n) is 7.13. The molecule has 1 heterocycles. The molecule has 5 nitrogen and oxygen atoms in total. The zero-order valence-corrected chi connectivity index (χ0v) is 12.4. The van der Waals surface area contributed by atoms with Crippen molar-refractivity contribution in [2.75, 3.05) is 20.1 Å². The van der Waals surface area contributed by atoms with Crippen LogP contribution in [0.4, 0.5) is 0 Å². The molecule has 0 spiro atoms. The fourth-order valence-electron chi connectivity index (χ4n) is 3.12. The summed E-state index contributed by atoms with van der Waals surface area (Å²) in [5.41, 5.74) is 2.98. The van der Waals surface area contributed by atoms with Crippen LogP contribution in [0.15, 0.2) is 0 Å². The van der Waals surface area contributed by atoms with Crippen molar-refractivity contribution in [1.82, 2.24) is 20.0 Å². The fourth-order valence-corrected chi connectivity index (χ4v) is 3.12. The Bertz CT molecular complexity index is 462. The van der Waals surface area contributed by atoms with Crippen molar-refractivity contribution in [1.29, 1.82) is 0 Å². The Balaban J connectivity index is 2.30. The average molecular weight is 264 g/mol. The van der Waals surface area contributed by atoms with Crippen molar-refractivity contribution >= 4 is 5.91 Å². The average Bonchev–Trinajstić information content (AvgIpc) is 2.76. The molecule has 0 saturated heterocycles. The van der Waals surface area contributed by atoms with E-state index in [4.69, 9.17) is 0 Å². The molecule has 5 heteroatoms. The summed E-state index contributed by atoms with van der Waals surface area (Å²) in [6, 6.07) is 0.537. The van der Waals surface area contributed by atoms with E-state index in [1.54, 1.807) is 7.05 Å². The normalized spacial score (nSPS) is 18.5. The molecule has 1 N–H and O–H groups in total. The number of hydrogen-bond donors (Lipinski definition) is 1. The highest BCUT2D eigenvalue weighted by atomic mass is 16.1. The molecule has 0 aliphatic heterocycles. The summed E-state index contributed by atoms with van der Waals surface area (Å²) in [6.45, 7) is 6.52. The van der Waals surface area contributed by atoms with Gasteiger partial charge in [0.15, 0.2) is 5.69 Å². The van der Waals surface area contributed by atoms with E-state index in [9.17, 15) is 4.79 Å². The summed E-state index contributed by atoms with van der Waals surface area (Å²) in [5, 5.41) is 7.08. The van der Waals surface area contributed by atoms with Gasteiger partial charge in [-0.05, 0) is 32.4 Å². The van der Waals surface area contributed by atoms with Crippen molar-refractivity contribution in [3.63, 3.8) is 0 Å². The molecule has 19 heavy (non-hydrogen) atoms. The van der Waals surface area contributed by atoms with E-state index in [-0.39, 0.29) is 5.91 Å². The largest absolute Gasteiger partial charge is 0.354 e. The predicted molar refractivity (Wildman–Crippen MR) is 75.3 cm³/mol. The topological polar surface area (TPSA) is 50.2 Å². The van der Waals surface area contributed by atoms with E-state index in [1.807, 2.05) is 11.7 Å².